The third-order valence-corrected chi connectivity index (χ3v) is 5.36. The van der Waals surface area contributed by atoms with E-state index in [0.29, 0.717) is 5.16 Å². The molecule has 8 heteroatoms. The Balaban J connectivity index is 1.91. The number of piperidine rings is 1. The monoisotopic (exact) mass is 403 g/mol. The average Bonchev–Trinajstić information content (AvgIpc) is 3.09. The van der Waals surface area contributed by atoms with E-state index in [1.54, 1.807) is 7.11 Å². The van der Waals surface area contributed by atoms with Gasteiger partial charge in [-0.05, 0) is 52.2 Å². The first kappa shape index (κ1) is 20.5. The number of benzene rings is 1. The summed E-state index contributed by atoms with van der Waals surface area (Å²) < 4.78 is 7.59. The van der Waals surface area contributed by atoms with Crippen LogP contribution in [0.15, 0.2) is 29.4 Å². The topological polar surface area (TPSA) is 72.3 Å². The van der Waals surface area contributed by atoms with Crippen LogP contribution in [0.1, 0.15) is 40.0 Å². The molecular formula is C20H29N5O2S. The highest BCUT2D eigenvalue weighted by atomic mass is 32.2. The molecular weight excluding hydrogens is 374 g/mol. The lowest BCUT2D eigenvalue weighted by atomic mass is 10.1. The summed E-state index contributed by atoms with van der Waals surface area (Å²) in [5.74, 6) is 1.82. The zero-order chi connectivity index (χ0) is 20.1. The zero-order valence-corrected chi connectivity index (χ0v) is 17.9. The summed E-state index contributed by atoms with van der Waals surface area (Å²) in [6, 6.07) is 7.83. The van der Waals surface area contributed by atoms with Gasteiger partial charge in [0.25, 0.3) is 0 Å². The maximum atomic E-state index is 12.3. The highest BCUT2D eigenvalue weighted by Crippen LogP contribution is 2.32. The number of thioether (sulfide) groups is 1. The third kappa shape index (κ3) is 4.98. The van der Waals surface area contributed by atoms with Crippen LogP contribution >= 0.6 is 11.8 Å². The van der Waals surface area contributed by atoms with E-state index in [-0.39, 0.29) is 17.2 Å². The summed E-state index contributed by atoms with van der Waals surface area (Å²) in [6.07, 6.45) is 3.54. The van der Waals surface area contributed by atoms with Crippen molar-refractivity contribution in [3.63, 3.8) is 0 Å². The lowest BCUT2D eigenvalue weighted by Crippen LogP contribution is -2.41. The molecule has 1 amide bonds. The molecule has 28 heavy (non-hydrogen) atoms. The van der Waals surface area contributed by atoms with E-state index in [1.165, 1.54) is 18.2 Å². The number of hydrogen-bond donors (Lipinski definition) is 1. The van der Waals surface area contributed by atoms with Crippen LogP contribution in [-0.4, -0.2) is 52.2 Å². The average molecular weight is 404 g/mol. The Bertz CT molecular complexity index is 809. The van der Waals surface area contributed by atoms with Crippen LogP contribution < -0.4 is 15.0 Å². The number of carbonyl (C=O) groups excluding carboxylic acids is 1. The number of aromatic nitrogens is 3. The standard InChI is InChI=1S/C20H29N5O2S/c1-20(2,3)21-17(26)14-28-19-23-22-18(24-12-8-5-9-13-24)25(19)15-10-6-7-11-16(15)27-4/h6-7,10-11H,5,8-9,12-14H2,1-4H3,(H,21,26). The van der Waals surface area contributed by atoms with Gasteiger partial charge < -0.3 is 15.0 Å². The van der Waals surface area contributed by atoms with Crippen LogP contribution in [0, 0.1) is 0 Å². The molecule has 1 aromatic carbocycles. The van der Waals surface area contributed by atoms with Gasteiger partial charge in [0, 0.05) is 18.6 Å². The molecule has 0 unspecified atom stereocenters. The van der Waals surface area contributed by atoms with Crippen LogP contribution in [0.3, 0.4) is 0 Å². The van der Waals surface area contributed by atoms with Crippen molar-refractivity contribution in [2.45, 2.75) is 50.7 Å². The van der Waals surface area contributed by atoms with E-state index in [2.05, 4.69) is 20.4 Å². The number of anilines is 1. The van der Waals surface area contributed by atoms with Crippen molar-refractivity contribution in [2.75, 3.05) is 30.9 Å². The van der Waals surface area contributed by atoms with Gasteiger partial charge in [-0.15, -0.1) is 10.2 Å². The van der Waals surface area contributed by atoms with Gasteiger partial charge in [-0.2, -0.15) is 0 Å². The minimum atomic E-state index is -0.257. The number of hydrogen-bond acceptors (Lipinski definition) is 6. The van der Waals surface area contributed by atoms with Gasteiger partial charge in [0.1, 0.15) is 5.75 Å². The number of nitrogens with one attached hydrogen (secondary N) is 1. The maximum absolute atomic E-state index is 12.3. The molecule has 7 nitrogen and oxygen atoms in total. The Morgan fingerprint density at radius 2 is 1.89 bits per heavy atom. The molecule has 1 aromatic heterocycles. The van der Waals surface area contributed by atoms with Crippen LogP contribution in [0.2, 0.25) is 0 Å². The number of rotatable bonds is 6. The molecule has 1 N–H and O–H groups in total. The highest BCUT2D eigenvalue weighted by Gasteiger charge is 2.24. The SMILES string of the molecule is COc1ccccc1-n1c(SCC(=O)NC(C)(C)C)nnc1N1CCCCC1. The van der Waals surface area contributed by atoms with Crippen molar-refractivity contribution in [1.82, 2.24) is 20.1 Å². The summed E-state index contributed by atoms with van der Waals surface area (Å²) in [6.45, 7) is 7.84. The summed E-state index contributed by atoms with van der Waals surface area (Å²) in [7, 11) is 1.66. The van der Waals surface area contributed by atoms with E-state index in [0.717, 1.165) is 43.3 Å². The van der Waals surface area contributed by atoms with Gasteiger partial charge in [0.2, 0.25) is 11.9 Å². The largest absolute Gasteiger partial charge is 0.495 e. The molecule has 0 saturated carbocycles. The molecule has 0 spiro atoms. The molecule has 152 valence electrons. The molecule has 2 aromatic rings. The molecule has 1 aliphatic rings. The number of carbonyl (C=O) groups is 1. The lowest BCUT2D eigenvalue weighted by Gasteiger charge is -2.28. The van der Waals surface area contributed by atoms with Crippen molar-refractivity contribution in [2.24, 2.45) is 0 Å². The summed E-state index contributed by atoms with van der Waals surface area (Å²) in [4.78, 5) is 14.6. The Morgan fingerprint density at radius 1 is 1.18 bits per heavy atom. The first-order valence-electron chi connectivity index (χ1n) is 9.66. The minimum Gasteiger partial charge on any atom is -0.495 e. The molecule has 0 bridgehead atoms. The second-order valence-electron chi connectivity index (χ2n) is 7.92. The van der Waals surface area contributed by atoms with E-state index in [4.69, 9.17) is 4.74 Å². The second-order valence-corrected chi connectivity index (χ2v) is 8.87. The third-order valence-electron chi connectivity index (χ3n) is 4.43. The van der Waals surface area contributed by atoms with Gasteiger partial charge in [0.15, 0.2) is 5.16 Å². The Hall–Kier alpha value is -2.22. The number of amides is 1. The fourth-order valence-electron chi connectivity index (χ4n) is 3.26. The normalized spacial score (nSPS) is 14.8. The first-order valence-corrected chi connectivity index (χ1v) is 10.6. The van der Waals surface area contributed by atoms with Gasteiger partial charge >= 0.3 is 0 Å². The molecule has 2 heterocycles. The molecule has 0 atom stereocenters. The number of methoxy groups -OCH3 is 1. The molecule has 1 saturated heterocycles. The predicted octanol–water partition coefficient (Wildman–Crippen LogP) is 3.27. The van der Waals surface area contributed by atoms with E-state index >= 15 is 0 Å². The van der Waals surface area contributed by atoms with Gasteiger partial charge in [-0.25, -0.2) is 0 Å². The number of nitrogens with zero attached hydrogens (tertiary/aromatic N) is 4. The van der Waals surface area contributed by atoms with Crippen LogP contribution in [0.25, 0.3) is 5.69 Å². The van der Waals surface area contributed by atoms with Crippen molar-refractivity contribution in [1.29, 1.82) is 0 Å². The van der Waals surface area contributed by atoms with Crippen LogP contribution in [-0.2, 0) is 4.79 Å². The fourth-order valence-corrected chi connectivity index (χ4v) is 4.00. The molecule has 1 aliphatic heterocycles. The second kappa shape index (κ2) is 8.86. The zero-order valence-electron chi connectivity index (χ0n) is 17.1. The van der Waals surface area contributed by atoms with Gasteiger partial charge in [0.05, 0.1) is 18.6 Å². The minimum absolute atomic E-state index is 0.0217. The van der Waals surface area contributed by atoms with Crippen LogP contribution in [0.5, 0.6) is 5.75 Å². The van der Waals surface area contributed by atoms with Crippen molar-refractivity contribution in [3.05, 3.63) is 24.3 Å². The Kier molecular flexibility index (Phi) is 6.49. The lowest BCUT2D eigenvalue weighted by molar-refractivity contribution is -0.119. The quantitative estimate of drug-likeness (QED) is 0.747. The summed E-state index contributed by atoms with van der Waals surface area (Å²) in [5, 5.41) is 12.6. The van der Waals surface area contributed by atoms with Crippen molar-refractivity contribution >= 4 is 23.6 Å². The molecule has 1 fully saturated rings. The Morgan fingerprint density at radius 3 is 2.57 bits per heavy atom. The predicted molar refractivity (Wildman–Crippen MR) is 113 cm³/mol. The van der Waals surface area contributed by atoms with E-state index in [9.17, 15) is 4.79 Å². The van der Waals surface area contributed by atoms with E-state index < -0.39 is 0 Å². The molecule has 3 rings (SSSR count). The van der Waals surface area contributed by atoms with Crippen molar-refractivity contribution < 1.29 is 9.53 Å². The number of para-hydroxylation sites is 2. The van der Waals surface area contributed by atoms with Gasteiger partial charge in [-0.3, -0.25) is 9.36 Å². The summed E-state index contributed by atoms with van der Waals surface area (Å²) >= 11 is 1.39. The van der Waals surface area contributed by atoms with Crippen molar-refractivity contribution in [3.8, 4) is 11.4 Å². The van der Waals surface area contributed by atoms with E-state index in [1.807, 2.05) is 49.6 Å². The smallest absolute Gasteiger partial charge is 0.232 e. The molecule has 0 aliphatic carbocycles. The first-order chi connectivity index (χ1) is 13.4. The molecule has 0 radical (unpaired) electrons. The summed E-state index contributed by atoms with van der Waals surface area (Å²) in [5.41, 5.74) is 0.627. The maximum Gasteiger partial charge on any atom is 0.232 e. The highest BCUT2D eigenvalue weighted by molar-refractivity contribution is 7.99. The number of ether oxygens (including phenoxy) is 1. The van der Waals surface area contributed by atoms with Gasteiger partial charge in [-0.1, -0.05) is 23.9 Å². The van der Waals surface area contributed by atoms with Crippen LogP contribution in [0.4, 0.5) is 5.95 Å². The Labute approximate surface area is 170 Å². The fraction of sp³-hybridized carbons (Fsp3) is 0.550.